The SMILES string of the molecule is O=c1c2cccc(C(F)(F)F)c2ncn1C[C@H]1CCCO1. The Morgan fingerprint density at radius 1 is 1.38 bits per heavy atom. The molecule has 1 aliphatic heterocycles. The molecule has 0 unspecified atom stereocenters. The number of benzene rings is 1. The number of rotatable bonds is 2. The van der Waals surface area contributed by atoms with Gasteiger partial charge >= 0.3 is 6.18 Å². The normalized spacial score (nSPS) is 19.3. The molecule has 3 rings (SSSR count). The lowest BCUT2D eigenvalue weighted by Gasteiger charge is -2.13. The predicted octanol–water partition coefficient (Wildman–Crippen LogP) is 2.59. The van der Waals surface area contributed by atoms with Crippen LogP contribution < -0.4 is 5.56 Å². The van der Waals surface area contributed by atoms with Crippen molar-refractivity contribution in [2.24, 2.45) is 0 Å². The maximum absolute atomic E-state index is 12.9. The first-order chi connectivity index (χ1) is 9.97. The lowest BCUT2D eigenvalue weighted by atomic mass is 10.1. The molecule has 112 valence electrons. The van der Waals surface area contributed by atoms with Gasteiger partial charge in [-0.05, 0) is 25.0 Å². The van der Waals surface area contributed by atoms with Gasteiger partial charge in [0.1, 0.15) is 0 Å². The van der Waals surface area contributed by atoms with Gasteiger partial charge in [0.15, 0.2) is 0 Å². The fourth-order valence-corrected chi connectivity index (χ4v) is 2.56. The molecule has 0 radical (unpaired) electrons. The van der Waals surface area contributed by atoms with E-state index in [1.165, 1.54) is 23.0 Å². The molecule has 21 heavy (non-hydrogen) atoms. The van der Waals surface area contributed by atoms with Crippen LogP contribution in [0.4, 0.5) is 13.2 Å². The van der Waals surface area contributed by atoms with Crippen molar-refractivity contribution in [3.05, 3.63) is 40.4 Å². The van der Waals surface area contributed by atoms with Gasteiger partial charge in [0.25, 0.3) is 5.56 Å². The Hall–Kier alpha value is -1.89. The van der Waals surface area contributed by atoms with Crippen molar-refractivity contribution in [2.75, 3.05) is 6.61 Å². The molecule has 0 spiro atoms. The topological polar surface area (TPSA) is 44.1 Å². The molecule has 1 aromatic carbocycles. The van der Waals surface area contributed by atoms with Crippen LogP contribution in [0, 0.1) is 0 Å². The number of halogens is 3. The van der Waals surface area contributed by atoms with Crippen molar-refractivity contribution in [2.45, 2.75) is 31.7 Å². The molecule has 1 atom stereocenters. The number of hydrogen-bond acceptors (Lipinski definition) is 3. The number of alkyl halides is 3. The fraction of sp³-hybridized carbons (Fsp3) is 0.429. The molecule has 0 saturated carbocycles. The van der Waals surface area contributed by atoms with E-state index in [1.807, 2.05) is 0 Å². The van der Waals surface area contributed by atoms with Gasteiger partial charge in [-0.3, -0.25) is 9.36 Å². The molecule has 1 aliphatic rings. The van der Waals surface area contributed by atoms with Crippen LogP contribution >= 0.6 is 0 Å². The van der Waals surface area contributed by atoms with Crippen molar-refractivity contribution in [1.82, 2.24) is 9.55 Å². The lowest BCUT2D eigenvalue weighted by molar-refractivity contribution is -0.136. The number of para-hydroxylation sites is 1. The number of fused-ring (bicyclic) bond motifs is 1. The third kappa shape index (κ3) is 2.65. The van der Waals surface area contributed by atoms with E-state index in [0.717, 1.165) is 18.9 Å². The standard InChI is InChI=1S/C14H13F3N2O2/c15-14(16,17)11-5-1-4-10-12(11)18-8-19(13(10)20)7-9-3-2-6-21-9/h1,4-5,8-9H,2-3,6-7H2/t9-/m1/s1. The van der Waals surface area contributed by atoms with Crippen molar-refractivity contribution >= 4 is 10.9 Å². The van der Waals surface area contributed by atoms with Crippen molar-refractivity contribution in [3.63, 3.8) is 0 Å². The number of ether oxygens (including phenoxy) is 1. The van der Waals surface area contributed by atoms with Gasteiger partial charge < -0.3 is 4.74 Å². The van der Waals surface area contributed by atoms with E-state index in [9.17, 15) is 18.0 Å². The highest BCUT2D eigenvalue weighted by molar-refractivity contribution is 5.81. The van der Waals surface area contributed by atoms with E-state index in [1.54, 1.807) is 0 Å². The molecular formula is C14H13F3N2O2. The lowest BCUT2D eigenvalue weighted by Crippen LogP contribution is -2.27. The Balaban J connectivity index is 2.07. The van der Waals surface area contributed by atoms with Crippen molar-refractivity contribution in [1.29, 1.82) is 0 Å². The highest BCUT2D eigenvalue weighted by Gasteiger charge is 2.33. The van der Waals surface area contributed by atoms with Crippen LogP contribution in [0.25, 0.3) is 10.9 Å². The zero-order valence-electron chi connectivity index (χ0n) is 11.1. The molecule has 1 fully saturated rings. The number of hydrogen-bond donors (Lipinski definition) is 0. The molecule has 1 aromatic heterocycles. The molecule has 2 heterocycles. The van der Waals surface area contributed by atoms with Gasteiger partial charge in [-0.1, -0.05) is 6.07 Å². The maximum Gasteiger partial charge on any atom is 0.418 e. The predicted molar refractivity (Wildman–Crippen MR) is 70.0 cm³/mol. The quantitative estimate of drug-likeness (QED) is 0.856. The third-order valence-electron chi connectivity index (χ3n) is 3.58. The van der Waals surface area contributed by atoms with E-state index in [4.69, 9.17) is 4.74 Å². The average molecular weight is 298 g/mol. The van der Waals surface area contributed by atoms with Gasteiger partial charge in [0, 0.05) is 6.61 Å². The molecule has 1 saturated heterocycles. The Morgan fingerprint density at radius 3 is 2.86 bits per heavy atom. The summed E-state index contributed by atoms with van der Waals surface area (Å²) in [6.07, 6.45) is -1.67. The molecule has 4 nitrogen and oxygen atoms in total. The van der Waals surface area contributed by atoms with Gasteiger partial charge in [0.2, 0.25) is 0 Å². The molecule has 7 heteroatoms. The molecule has 0 aliphatic carbocycles. The van der Waals surface area contributed by atoms with Crippen molar-refractivity contribution in [3.8, 4) is 0 Å². The average Bonchev–Trinajstić information content (AvgIpc) is 2.93. The summed E-state index contributed by atoms with van der Waals surface area (Å²) in [5.41, 5.74) is -1.67. The smallest absolute Gasteiger partial charge is 0.376 e. The third-order valence-corrected chi connectivity index (χ3v) is 3.58. The van der Waals surface area contributed by atoms with Crippen LogP contribution in [0.5, 0.6) is 0 Å². The largest absolute Gasteiger partial charge is 0.418 e. The Bertz CT molecular complexity index is 718. The molecule has 0 amide bonds. The maximum atomic E-state index is 12.9. The minimum Gasteiger partial charge on any atom is -0.376 e. The second-order valence-electron chi connectivity index (χ2n) is 5.04. The first kappa shape index (κ1) is 14.1. The molecule has 0 bridgehead atoms. The van der Waals surface area contributed by atoms with Gasteiger partial charge in [-0.2, -0.15) is 13.2 Å². The van der Waals surface area contributed by atoms with Crippen LogP contribution in [0.2, 0.25) is 0 Å². The van der Waals surface area contributed by atoms with Gasteiger partial charge in [-0.15, -0.1) is 0 Å². The van der Waals surface area contributed by atoms with Gasteiger partial charge in [-0.25, -0.2) is 4.98 Å². The summed E-state index contributed by atoms with van der Waals surface area (Å²) in [7, 11) is 0. The zero-order valence-corrected chi connectivity index (χ0v) is 11.1. The fourth-order valence-electron chi connectivity index (χ4n) is 2.56. The highest BCUT2D eigenvalue weighted by atomic mass is 19.4. The van der Waals surface area contributed by atoms with Crippen LogP contribution in [0.15, 0.2) is 29.3 Å². The zero-order chi connectivity index (χ0) is 15.0. The van der Waals surface area contributed by atoms with E-state index in [0.29, 0.717) is 13.2 Å². The van der Waals surface area contributed by atoms with E-state index in [2.05, 4.69) is 4.98 Å². The summed E-state index contributed by atoms with van der Waals surface area (Å²) in [6, 6.07) is 3.52. The van der Waals surface area contributed by atoms with E-state index >= 15 is 0 Å². The summed E-state index contributed by atoms with van der Waals surface area (Å²) >= 11 is 0. The number of aromatic nitrogens is 2. The minimum atomic E-state index is -4.53. The summed E-state index contributed by atoms with van der Waals surface area (Å²) in [5.74, 6) is 0. The second-order valence-corrected chi connectivity index (χ2v) is 5.04. The van der Waals surface area contributed by atoms with E-state index in [-0.39, 0.29) is 17.0 Å². The summed E-state index contributed by atoms with van der Waals surface area (Å²) < 4.78 is 45.5. The first-order valence-corrected chi connectivity index (χ1v) is 6.64. The van der Waals surface area contributed by atoms with E-state index < -0.39 is 17.3 Å². The summed E-state index contributed by atoms with van der Waals surface area (Å²) in [6.45, 7) is 0.969. The monoisotopic (exact) mass is 298 g/mol. The second kappa shape index (κ2) is 5.14. The van der Waals surface area contributed by atoms with Crippen LogP contribution in [0.1, 0.15) is 18.4 Å². The molecule has 0 N–H and O–H groups in total. The molecule has 2 aromatic rings. The minimum absolute atomic E-state index is 0.0229. The Labute approximate surface area is 118 Å². The van der Waals surface area contributed by atoms with Gasteiger partial charge in [0.05, 0.1) is 35.4 Å². The highest BCUT2D eigenvalue weighted by Crippen LogP contribution is 2.32. The van der Waals surface area contributed by atoms with Crippen molar-refractivity contribution < 1.29 is 17.9 Å². The first-order valence-electron chi connectivity index (χ1n) is 6.64. The van der Waals surface area contributed by atoms with Crippen LogP contribution in [-0.4, -0.2) is 22.3 Å². The Kier molecular flexibility index (Phi) is 3.44. The van der Waals surface area contributed by atoms with Crippen LogP contribution in [-0.2, 0) is 17.5 Å². The van der Waals surface area contributed by atoms with Crippen LogP contribution in [0.3, 0.4) is 0 Å². The summed E-state index contributed by atoms with van der Waals surface area (Å²) in [5, 5.41) is -0.0229. The number of nitrogens with zero attached hydrogens (tertiary/aromatic N) is 2. The Morgan fingerprint density at radius 2 is 2.19 bits per heavy atom. The molecular weight excluding hydrogens is 285 g/mol. The summed E-state index contributed by atoms with van der Waals surface area (Å²) in [4.78, 5) is 16.1.